The Morgan fingerprint density at radius 3 is 2.71 bits per heavy atom. The lowest BCUT2D eigenvalue weighted by molar-refractivity contribution is 0.0697. The van der Waals surface area contributed by atoms with Gasteiger partial charge < -0.3 is 9.84 Å². The van der Waals surface area contributed by atoms with Gasteiger partial charge in [-0.3, -0.25) is 0 Å². The summed E-state index contributed by atoms with van der Waals surface area (Å²) in [5.74, 6) is -0.248. The van der Waals surface area contributed by atoms with Crippen LogP contribution in [-0.2, 0) is 0 Å². The monoisotopic (exact) mass is 300 g/mol. The zero-order valence-electron chi connectivity index (χ0n) is 11.4. The van der Waals surface area contributed by atoms with Crippen LogP contribution in [0, 0.1) is 6.92 Å². The first-order chi connectivity index (χ1) is 10.1. The number of halogens is 1. The van der Waals surface area contributed by atoms with E-state index in [0.717, 1.165) is 22.3 Å². The van der Waals surface area contributed by atoms with Gasteiger partial charge >= 0.3 is 5.97 Å². The molecule has 21 heavy (non-hydrogen) atoms. The van der Waals surface area contributed by atoms with Crippen molar-refractivity contribution in [3.63, 3.8) is 0 Å². The number of hydrogen-bond donors (Lipinski definition) is 1. The van der Waals surface area contributed by atoms with Crippen LogP contribution in [0.2, 0.25) is 5.02 Å². The summed E-state index contributed by atoms with van der Waals surface area (Å²) >= 11 is 6.00. The zero-order chi connectivity index (χ0) is 15.0. The maximum Gasteiger partial charge on any atom is 0.335 e. The van der Waals surface area contributed by atoms with Crippen molar-refractivity contribution >= 4 is 23.1 Å². The molecule has 1 heterocycles. The average molecular weight is 301 g/mol. The van der Waals surface area contributed by atoms with Crippen molar-refractivity contribution in [2.45, 2.75) is 6.92 Å². The lowest BCUT2D eigenvalue weighted by Crippen LogP contribution is -2.08. The quantitative estimate of drug-likeness (QED) is 0.905. The van der Waals surface area contributed by atoms with Crippen LogP contribution >= 0.6 is 11.6 Å². The van der Waals surface area contributed by atoms with Crippen molar-refractivity contribution in [3.05, 3.63) is 69.8 Å². The third kappa shape index (κ3) is 2.52. The third-order valence-corrected chi connectivity index (χ3v) is 3.76. The Hall–Kier alpha value is -2.26. The minimum atomic E-state index is -0.949. The molecule has 0 fully saturated rings. The third-order valence-electron chi connectivity index (χ3n) is 3.52. The summed E-state index contributed by atoms with van der Waals surface area (Å²) in [4.78, 5) is 11.2. The molecule has 0 saturated carbocycles. The van der Waals surface area contributed by atoms with Crippen molar-refractivity contribution < 1.29 is 14.6 Å². The van der Waals surface area contributed by atoms with Gasteiger partial charge in [-0.05, 0) is 60.0 Å². The molecule has 1 aliphatic rings. The van der Waals surface area contributed by atoms with E-state index in [-0.39, 0.29) is 5.56 Å². The molecule has 0 aromatic heterocycles. The number of benzene rings is 2. The van der Waals surface area contributed by atoms with Crippen molar-refractivity contribution in [3.8, 4) is 5.75 Å². The van der Waals surface area contributed by atoms with E-state index in [1.165, 1.54) is 0 Å². The molecule has 1 N–H and O–H groups in total. The highest BCUT2D eigenvalue weighted by molar-refractivity contribution is 6.30. The van der Waals surface area contributed by atoms with Crippen LogP contribution in [-0.4, -0.2) is 17.7 Å². The minimum absolute atomic E-state index is 0.247. The highest BCUT2D eigenvalue weighted by atomic mass is 35.5. The molecule has 3 rings (SSSR count). The normalized spacial score (nSPS) is 13.1. The van der Waals surface area contributed by atoms with Gasteiger partial charge in [0.1, 0.15) is 12.4 Å². The first-order valence-electron chi connectivity index (χ1n) is 6.53. The van der Waals surface area contributed by atoms with E-state index in [9.17, 15) is 4.79 Å². The Bertz CT molecular complexity index is 763. The summed E-state index contributed by atoms with van der Waals surface area (Å²) in [6.07, 6.45) is 1.96. The number of carboxylic acids is 1. The zero-order valence-corrected chi connectivity index (χ0v) is 12.1. The summed E-state index contributed by atoms with van der Waals surface area (Å²) in [6, 6.07) is 10.6. The fraction of sp³-hybridized carbons (Fsp3) is 0.118. The fourth-order valence-corrected chi connectivity index (χ4v) is 2.74. The van der Waals surface area contributed by atoms with Crippen LogP contribution in [0.1, 0.15) is 27.0 Å². The van der Waals surface area contributed by atoms with Crippen molar-refractivity contribution in [1.82, 2.24) is 0 Å². The van der Waals surface area contributed by atoms with Gasteiger partial charge in [-0.25, -0.2) is 4.79 Å². The van der Waals surface area contributed by atoms with Gasteiger partial charge in [0.05, 0.1) is 5.56 Å². The van der Waals surface area contributed by atoms with Crippen LogP contribution in [0.25, 0.3) is 5.57 Å². The van der Waals surface area contributed by atoms with Gasteiger partial charge in [-0.15, -0.1) is 0 Å². The summed E-state index contributed by atoms with van der Waals surface area (Å²) in [5, 5.41) is 9.84. The van der Waals surface area contributed by atoms with Gasteiger partial charge in [0, 0.05) is 10.6 Å². The average Bonchev–Trinajstić information content (AvgIpc) is 2.46. The molecule has 4 heteroatoms. The Morgan fingerprint density at radius 2 is 2.00 bits per heavy atom. The van der Waals surface area contributed by atoms with Gasteiger partial charge in [0.2, 0.25) is 0 Å². The molecule has 2 aromatic rings. The maximum atomic E-state index is 11.2. The molecule has 0 spiro atoms. The molecule has 0 amide bonds. The highest BCUT2D eigenvalue weighted by Crippen LogP contribution is 2.36. The number of aryl methyl sites for hydroxylation is 1. The maximum absolute atomic E-state index is 11.2. The van der Waals surface area contributed by atoms with Gasteiger partial charge in [0.15, 0.2) is 0 Å². The van der Waals surface area contributed by atoms with Crippen molar-refractivity contribution in [2.24, 2.45) is 0 Å². The molecule has 0 unspecified atom stereocenters. The summed E-state index contributed by atoms with van der Waals surface area (Å²) < 4.78 is 5.58. The van der Waals surface area contributed by atoms with Crippen LogP contribution in [0.15, 0.2) is 42.5 Å². The number of fused-ring (bicyclic) bond motifs is 1. The highest BCUT2D eigenvalue weighted by Gasteiger charge is 2.18. The number of aromatic carboxylic acids is 1. The van der Waals surface area contributed by atoms with Crippen LogP contribution in [0.5, 0.6) is 5.75 Å². The molecular weight excluding hydrogens is 288 g/mol. The van der Waals surface area contributed by atoms with Gasteiger partial charge in [0.25, 0.3) is 0 Å². The number of carboxylic acid groups (broad SMARTS) is 1. The number of rotatable bonds is 2. The van der Waals surface area contributed by atoms with E-state index in [1.54, 1.807) is 18.2 Å². The van der Waals surface area contributed by atoms with E-state index in [2.05, 4.69) is 0 Å². The first kappa shape index (κ1) is 13.7. The molecule has 2 aromatic carbocycles. The van der Waals surface area contributed by atoms with Gasteiger partial charge in [-0.1, -0.05) is 17.7 Å². The van der Waals surface area contributed by atoms with Crippen LogP contribution < -0.4 is 4.74 Å². The molecule has 0 radical (unpaired) electrons. The first-order valence-corrected chi connectivity index (χ1v) is 6.91. The predicted molar refractivity (Wildman–Crippen MR) is 82.2 cm³/mol. The Balaban J connectivity index is 2.16. The van der Waals surface area contributed by atoms with Crippen LogP contribution in [0.4, 0.5) is 0 Å². The smallest absolute Gasteiger partial charge is 0.335 e. The van der Waals surface area contributed by atoms with E-state index < -0.39 is 5.97 Å². The van der Waals surface area contributed by atoms with Crippen molar-refractivity contribution in [2.75, 3.05) is 6.61 Å². The number of carbonyl (C=O) groups is 1. The molecule has 0 saturated heterocycles. The molecule has 3 nitrogen and oxygen atoms in total. The largest absolute Gasteiger partial charge is 0.489 e. The summed E-state index contributed by atoms with van der Waals surface area (Å²) in [5.41, 5.74) is 4.10. The molecule has 0 aliphatic carbocycles. The number of hydrogen-bond acceptors (Lipinski definition) is 2. The molecule has 0 atom stereocenters. The summed E-state index contributed by atoms with van der Waals surface area (Å²) in [6.45, 7) is 2.45. The minimum Gasteiger partial charge on any atom is -0.489 e. The SMILES string of the molecule is Cc1cc(Cl)ccc1C1=CCOc2ccc(C(=O)O)cc21. The standard InChI is InChI=1S/C17H13ClO3/c1-10-8-12(18)3-4-13(10)14-6-7-21-16-5-2-11(17(19)20)9-15(14)16/h2-6,8-9H,7H2,1H3,(H,19,20). The molecule has 106 valence electrons. The van der Waals surface area contributed by atoms with E-state index >= 15 is 0 Å². The second kappa shape index (κ2) is 5.26. The molecule has 0 bridgehead atoms. The lowest BCUT2D eigenvalue weighted by Gasteiger charge is -2.20. The molecule has 1 aliphatic heterocycles. The molecular formula is C17H13ClO3. The lowest BCUT2D eigenvalue weighted by atomic mass is 9.91. The summed E-state index contributed by atoms with van der Waals surface area (Å²) in [7, 11) is 0. The number of ether oxygens (including phenoxy) is 1. The Morgan fingerprint density at radius 1 is 1.19 bits per heavy atom. The topological polar surface area (TPSA) is 46.5 Å². The second-order valence-electron chi connectivity index (χ2n) is 4.90. The van der Waals surface area contributed by atoms with Crippen LogP contribution in [0.3, 0.4) is 0 Å². The van der Waals surface area contributed by atoms with E-state index in [1.807, 2.05) is 31.2 Å². The predicted octanol–water partition coefficient (Wildman–Crippen LogP) is 4.17. The van der Waals surface area contributed by atoms with E-state index in [4.69, 9.17) is 21.4 Å². The van der Waals surface area contributed by atoms with Gasteiger partial charge in [-0.2, -0.15) is 0 Å². The van der Waals surface area contributed by atoms with E-state index in [0.29, 0.717) is 17.4 Å². The Kier molecular flexibility index (Phi) is 3.43. The fourth-order valence-electron chi connectivity index (χ4n) is 2.51. The van der Waals surface area contributed by atoms with Crippen molar-refractivity contribution in [1.29, 1.82) is 0 Å². The Labute approximate surface area is 127 Å². The second-order valence-corrected chi connectivity index (χ2v) is 5.34.